The molecule has 2 heteroatoms. The van der Waals surface area contributed by atoms with Crippen LogP contribution >= 0.6 is 11.8 Å². The molecule has 1 rings (SSSR count). The first kappa shape index (κ1) is 9.88. The molecule has 0 unspecified atom stereocenters. The smallest absolute Gasteiger partial charge is 0.0663 e. The molecule has 13 heavy (non-hydrogen) atoms. The Hall–Kier alpha value is -1.20. The van der Waals surface area contributed by atoms with E-state index < -0.39 is 0 Å². The average molecular weight is 189 g/mol. The molecular weight excluding hydrogens is 178 g/mol. The molecule has 0 N–H and O–H groups in total. The minimum Gasteiger partial charge on any atom is -0.198 e. The van der Waals surface area contributed by atoms with Crippen molar-refractivity contribution in [2.45, 2.75) is 11.3 Å². The number of rotatable bonds is 3. The maximum absolute atomic E-state index is 8.32. The lowest BCUT2D eigenvalue weighted by Gasteiger charge is -1.95. The van der Waals surface area contributed by atoms with Crippen molar-refractivity contribution in [3.05, 3.63) is 35.9 Å². The first-order chi connectivity index (χ1) is 6.36. The summed E-state index contributed by atoms with van der Waals surface area (Å²) >= 11 is 1.73. The molecule has 0 heterocycles. The largest absolute Gasteiger partial charge is 0.198 e. The van der Waals surface area contributed by atoms with Gasteiger partial charge in [-0.05, 0) is 24.0 Å². The highest BCUT2D eigenvalue weighted by Crippen LogP contribution is 2.15. The van der Waals surface area contributed by atoms with Crippen LogP contribution in [-0.2, 0) is 0 Å². The molecule has 0 bridgehead atoms. The molecule has 0 aliphatic carbocycles. The number of nitrogens with zero attached hydrogens (tertiary/aromatic N) is 1. The fourth-order valence-electron chi connectivity index (χ4n) is 0.963. The third-order valence-corrected chi connectivity index (χ3v) is 2.38. The third kappa shape index (κ3) is 3.35. The summed E-state index contributed by atoms with van der Waals surface area (Å²) in [4.78, 5) is 1.26. The number of hydrogen-bond donors (Lipinski definition) is 0. The number of benzene rings is 1. The standard InChI is InChI=1S/C11H11NS/c1-13-11-7-5-10(6-8-11)4-2-3-9-12/h2,4-8H,3H2,1H3. The van der Waals surface area contributed by atoms with Crippen molar-refractivity contribution in [1.82, 2.24) is 0 Å². The Morgan fingerprint density at radius 2 is 2.08 bits per heavy atom. The molecule has 0 amide bonds. The Labute approximate surface area is 83.1 Å². The van der Waals surface area contributed by atoms with Gasteiger partial charge >= 0.3 is 0 Å². The van der Waals surface area contributed by atoms with Crippen LogP contribution in [0.2, 0.25) is 0 Å². The first-order valence-electron chi connectivity index (χ1n) is 4.04. The predicted molar refractivity (Wildman–Crippen MR) is 57.5 cm³/mol. The monoisotopic (exact) mass is 189 g/mol. The second kappa shape index (κ2) is 5.45. The van der Waals surface area contributed by atoms with Crippen molar-refractivity contribution in [1.29, 1.82) is 5.26 Å². The number of thioether (sulfide) groups is 1. The van der Waals surface area contributed by atoms with Gasteiger partial charge in [-0.2, -0.15) is 5.26 Å². The fraction of sp³-hybridized carbons (Fsp3) is 0.182. The lowest BCUT2D eigenvalue weighted by atomic mass is 10.2. The molecule has 0 saturated carbocycles. The van der Waals surface area contributed by atoms with Crippen molar-refractivity contribution < 1.29 is 0 Å². The molecule has 1 nitrogen and oxygen atoms in total. The van der Waals surface area contributed by atoms with Crippen molar-refractivity contribution in [3.63, 3.8) is 0 Å². The zero-order valence-corrected chi connectivity index (χ0v) is 8.34. The zero-order valence-electron chi connectivity index (χ0n) is 7.53. The second-order valence-electron chi connectivity index (χ2n) is 2.54. The van der Waals surface area contributed by atoms with Crippen LogP contribution in [0.25, 0.3) is 6.08 Å². The van der Waals surface area contributed by atoms with E-state index >= 15 is 0 Å². The van der Waals surface area contributed by atoms with E-state index in [4.69, 9.17) is 5.26 Å². The molecule has 1 aromatic carbocycles. The van der Waals surface area contributed by atoms with Gasteiger partial charge < -0.3 is 0 Å². The van der Waals surface area contributed by atoms with Gasteiger partial charge in [0.1, 0.15) is 0 Å². The van der Waals surface area contributed by atoms with Crippen molar-refractivity contribution in [2.75, 3.05) is 6.26 Å². The number of nitriles is 1. The predicted octanol–water partition coefficient (Wildman–Crippen LogP) is 3.34. The molecule has 0 aromatic heterocycles. The molecule has 0 fully saturated rings. The van der Waals surface area contributed by atoms with Crippen molar-refractivity contribution in [3.8, 4) is 6.07 Å². The molecular formula is C11H11NS. The SMILES string of the molecule is CSc1ccc(C=CCC#N)cc1. The Morgan fingerprint density at radius 1 is 1.38 bits per heavy atom. The van der Waals surface area contributed by atoms with E-state index in [0.29, 0.717) is 6.42 Å². The third-order valence-electron chi connectivity index (χ3n) is 1.64. The topological polar surface area (TPSA) is 23.8 Å². The van der Waals surface area contributed by atoms with Gasteiger partial charge in [0.25, 0.3) is 0 Å². The Morgan fingerprint density at radius 3 is 2.62 bits per heavy atom. The van der Waals surface area contributed by atoms with E-state index in [-0.39, 0.29) is 0 Å². The van der Waals surface area contributed by atoms with Crippen molar-refractivity contribution >= 4 is 17.8 Å². The molecule has 66 valence electrons. The summed E-state index contributed by atoms with van der Waals surface area (Å²) in [6.45, 7) is 0. The lowest BCUT2D eigenvalue weighted by Crippen LogP contribution is -1.72. The summed E-state index contributed by atoms with van der Waals surface area (Å²) in [5.74, 6) is 0. The van der Waals surface area contributed by atoms with E-state index in [1.165, 1.54) is 4.90 Å². The van der Waals surface area contributed by atoms with E-state index in [1.54, 1.807) is 11.8 Å². The number of allylic oxidation sites excluding steroid dienone is 1. The van der Waals surface area contributed by atoms with Crippen LogP contribution in [0, 0.1) is 11.3 Å². The number of hydrogen-bond acceptors (Lipinski definition) is 2. The van der Waals surface area contributed by atoms with Crippen LogP contribution in [0.5, 0.6) is 0 Å². The van der Waals surface area contributed by atoms with Crippen LogP contribution in [0.3, 0.4) is 0 Å². The molecule has 0 aliphatic heterocycles. The van der Waals surface area contributed by atoms with Gasteiger partial charge in [-0.25, -0.2) is 0 Å². The second-order valence-corrected chi connectivity index (χ2v) is 3.42. The van der Waals surface area contributed by atoms with Gasteiger partial charge in [0.15, 0.2) is 0 Å². The molecule has 1 aromatic rings. The molecule has 0 radical (unpaired) electrons. The van der Waals surface area contributed by atoms with Gasteiger partial charge in [-0.15, -0.1) is 11.8 Å². The Bertz CT molecular complexity index is 319. The van der Waals surface area contributed by atoms with E-state index in [9.17, 15) is 0 Å². The molecule has 0 saturated heterocycles. The highest BCUT2D eigenvalue weighted by molar-refractivity contribution is 7.98. The van der Waals surface area contributed by atoms with E-state index in [2.05, 4.69) is 36.6 Å². The minimum absolute atomic E-state index is 0.476. The van der Waals surface area contributed by atoms with Crippen molar-refractivity contribution in [2.24, 2.45) is 0 Å². The zero-order chi connectivity index (χ0) is 9.52. The quantitative estimate of drug-likeness (QED) is 0.681. The van der Waals surface area contributed by atoms with Gasteiger partial charge in [0.05, 0.1) is 12.5 Å². The summed E-state index contributed by atoms with van der Waals surface area (Å²) in [6, 6.07) is 10.3. The van der Waals surface area contributed by atoms with Crippen LogP contribution in [0.4, 0.5) is 0 Å². The van der Waals surface area contributed by atoms with Crippen LogP contribution in [-0.4, -0.2) is 6.26 Å². The summed E-state index contributed by atoms with van der Waals surface area (Å²) in [5.41, 5.74) is 1.15. The van der Waals surface area contributed by atoms with Gasteiger partial charge in [-0.1, -0.05) is 24.3 Å². The van der Waals surface area contributed by atoms with Gasteiger partial charge in [-0.3, -0.25) is 0 Å². The van der Waals surface area contributed by atoms with E-state index in [0.717, 1.165) is 5.56 Å². The van der Waals surface area contributed by atoms with Gasteiger partial charge in [0.2, 0.25) is 0 Å². The normalized spacial score (nSPS) is 10.2. The highest BCUT2D eigenvalue weighted by atomic mass is 32.2. The van der Waals surface area contributed by atoms with E-state index in [1.807, 2.05) is 12.2 Å². The minimum atomic E-state index is 0.476. The summed E-state index contributed by atoms with van der Waals surface area (Å²) in [7, 11) is 0. The fourth-order valence-corrected chi connectivity index (χ4v) is 1.37. The summed E-state index contributed by atoms with van der Waals surface area (Å²) < 4.78 is 0. The maximum atomic E-state index is 8.32. The van der Waals surface area contributed by atoms with Crippen LogP contribution in [0.15, 0.2) is 35.2 Å². The Balaban J connectivity index is 2.65. The summed E-state index contributed by atoms with van der Waals surface area (Å²) in [6.07, 6.45) is 6.37. The summed E-state index contributed by atoms with van der Waals surface area (Å²) in [5, 5.41) is 8.32. The Kier molecular flexibility index (Phi) is 4.14. The van der Waals surface area contributed by atoms with Crippen LogP contribution in [0.1, 0.15) is 12.0 Å². The highest BCUT2D eigenvalue weighted by Gasteiger charge is 1.88. The van der Waals surface area contributed by atoms with Gasteiger partial charge in [0, 0.05) is 4.90 Å². The lowest BCUT2D eigenvalue weighted by molar-refractivity contribution is 1.36. The maximum Gasteiger partial charge on any atom is 0.0663 e. The molecule has 0 spiro atoms. The average Bonchev–Trinajstić information content (AvgIpc) is 2.19. The first-order valence-corrected chi connectivity index (χ1v) is 5.27. The van der Waals surface area contributed by atoms with Crippen LogP contribution < -0.4 is 0 Å². The molecule has 0 atom stereocenters. The molecule has 0 aliphatic rings.